The normalized spacial score (nSPS) is 20.2. The zero-order valence-corrected chi connectivity index (χ0v) is 15.7. The number of benzene rings is 1. The minimum Gasteiger partial charge on any atom is -0.482 e. The summed E-state index contributed by atoms with van der Waals surface area (Å²) >= 11 is 0. The van der Waals surface area contributed by atoms with Gasteiger partial charge < -0.3 is 14.5 Å². The number of hydrogen-bond donors (Lipinski definition) is 0. The zero-order chi connectivity index (χ0) is 17.6. The molecule has 25 heavy (non-hydrogen) atoms. The Hall–Kier alpha value is -1.55. The SMILES string of the molecule is CCCCC1CCN(C[C@H](C)CN2C(=O)COc3ccccc32)CC1. The summed E-state index contributed by atoms with van der Waals surface area (Å²) < 4.78 is 5.54. The highest BCUT2D eigenvalue weighted by Gasteiger charge is 2.27. The van der Waals surface area contributed by atoms with Crippen molar-refractivity contribution in [2.45, 2.75) is 46.0 Å². The van der Waals surface area contributed by atoms with E-state index in [1.807, 2.05) is 29.2 Å². The maximum Gasteiger partial charge on any atom is 0.265 e. The van der Waals surface area contributed by atoms with E-state index in [0.29, 0.717) is 5.92 Å². The van der Waals surface area contributed by atoms with Gasteiger partial charge in [-0.05, 0) is 49.9 Å². The number of carbonyl (C=O) groups is 1. The fourth-order valence-electron chi connectivity index (χ4n) is 4.11. The van der Waals surface area contributed by atoms with Crippen LogP contribution in [-0.2, 0) is 4.79 Å². The van der Waals surface area contributed by atoms with Gasteiger partial charge in [0.05, 0.1) is 5.69 Å². The number of likely N-dealkylation sites (tertiary alicyclic amines) is 1. The van der Waals surface area contributed by atoms with Crippen molar-refractivity contribution in [3.8, 4) is 5.75 Å². The van der Waals surface area contributed by atoms with Crippen LogP contribution in [0.15, 0.2) is 24.3 Å². The number of fused-ring (bicyclic) bond motifs is 1. The van der Waals surface area contributed by atoms with Crippen LogP contribution in [0.2, 0.25) is 0 Å². The summed E-state index contributed by atoms with van der Waals surface area (Å²) in [5, 5.41) is 0. The Kier molecular flexibility index (Phi) is 6.35. The average molecular weight is 344 g/mol. The second kappa shape index (κ2) is 8.70. The van der Waals surface area contributed by atoms with Gasteiger partial charge in [-0.2, -0.15) is 0 Å². The summed E-state index contributed by atoms with van der Waals surface area (Å²) in [4.78, 5) is 16.8. The van der Waals surface area contributed by atoms with Gasteiger partial charge in [0.2, 0.25) is 0 Å². The van der Waals surface area contributed by atoms with E-state index in [0.717, 1.165) is 30.4 Å². The maximum atomic E-state index is 12.3. The Morgan fingerprint density at radius 2 is 1.96 bits per heavy atom. The van der Waals surface area contributed by atoms with E-state index >= 15 is 0 Å². The largest absolute Gasteiger partial charge is 0.482 e. The lowest BCUT2D eigenvalue weighted by Gasteiger charge is -2.36. The molecule has 0 unspecified atom stereocenters. The molecule has 0 saturated carbocycles. The summed E-state index contributed by atoms with van der Waals surface area (Å²) in [7, 11) is 0. The number of para-hydroxylation sites is 2. The highest BCUT2D eigenvalue weighted by molar-refractivity contribution is 5.97. The van der Waals surface area contributed by atoms with Crippen LogP contribution < -0.4 is 9.64 Å². The van der Waals surface area contributed by atoms with Gasteiger partial charge in [-0.25, -0.2) is 0 Å². The molecule has 4 heteroatoms. The highest BCUT2D eigenvalue weighted by atomic mass is 16.5. The number of rotatable bonds is 7. The summed E-state index contributed by atoms with van der Waals surface area (Å²) in [5.74, 6) is 2.29. The smallest absolute Gasteiger partial charge is 0.265 e. The Morgan fingerprint density at radius 1 is 1.20 bits per heavy atom. The zero-order valence-electron chi connectivity index (χ0n) is 15.7. The molecule has 0 aliphatic carbocycles. The molecule has 2 heterocycles. The van der Waals surface area contributed by atoms with Crippen LogP contribution in [0.4, 0.5) is 5.69 Å². The summed E-state index contributed by atoms with van der Waals surface area (Å²) in [6.07, 6.45) is 6.77. The molecule has 2 aliphatic heterocycles. The second-order valence-electron chi connectivity index (χ2n) is 7.75. The van der Waals surface area contributed by atoms with Gasteiger partial charge in [-0.15, -0.1) is 0 Å². The van der Waals surface area contributed by atoms with Crippen LogP contribution in [0, 0.1) is 11.8 Å². The third-order valence-electron chi connectivity index (χ3n) is 5.55. The van der Waals surface area contributed by atoms with Crippen LogP contribution in [0.1, 0.15) is 46.0 Å². The quantitative estimate of drug-likeness (QED) is 0.751. The lowest BCUT2D eigenvalue weighted by molar-refractivity contribution is -0.121. The molecular formula is C21H32N2O2. The number of amides is 1. The summed E-state index contributed by atoms with van der Waals surface area (Å²) in [6.45, 7) is 8.98. The number of anilines is 1. The first kappa shape index (κ1) is 18.2. The number of nitrogens with zero attached hydrogens (tertiary/aromatic N) is 2. The van der Waals surface area contributed by atoms with Crippen LogP contribution >= 0.6 is 0 Å². The van der Waals surface area contributed by atoms with Crippen LogP contribution in [0.5, 0.6) is 5.75 Å². The van der Waals surface area contributed by atoms with Crippen molar-refractivity contribution >= 4 is 11.6 Å². The molecule has 1 aromatic carbocycles. The van der Waals surface area contributed by atoms with Crippen molar-refractivity contribution in [2.24, 2.45) is 11.8 Å². The fraction of sp³-hybridized carbons (Fsp3) is 0.667. The maximum absolute atomic E-state index is 12.3. The van der Waals surface area contributed by atoms with E-state index in [4.69, 9.17) is 4.74 Å². The van der Waals surface area contributed by atoms with Crippen molar-refractivity contribution in [1.82, 2.24) is 4.90 Å². The fourth-order valence-corrected chi connectivity index (χ4v) is 4.11. The van der Waals surface area contributed by atoms with Gasteiger partial charge in [-0.1, -0.05) is 45.2 Å². The Morgan fingerprint density at radius 3 is 2.72 bits per heavy atom. The Balaban J connectivity index is 1.50. The number of carbonyl (C=O) groups excluding carboxylic acids is 1. The molecule has 0 spiro atoms. The standard InChI is InChI=1S/C21H32N2O2/c1-3-4-7-18-10-12-22(13-11-18)14-17(2)15-23-19-8-5-6-9-20(19)25-16-21(23)24/h5-6,8-9,17-18H,3-4,7,10-16H2,1-2H3/t17-/m0/s1. The molecule has 1 aromatic rings. The highest BCUT2D eigenvalue weighted by Crippen LogP contribution is 2.32. The minimum absolute atomic E-state index is 0.0730. The molecule has 138 valence electrons. The lowest BCUT2D eigenvalue weighted by atomic mass is 9.91. The Labute approximate surface area is 152 Å². The predicted octanol–water partition coefficient (Wildman–Crippen LogP) is 3.95. The minimum atomic E-state index is 0.0730. The molecule has 2 aliphatic rings. The van der Waals surface area contributed by atoms with Crippen molar-refractivity contribution in [3.63, 3.8) is 0 Å². The van der Waals surface area contributed by atoms with Crippen molar-refractivity contribution in [1.29, 1.82) is 0 Å². The van der Waals surface area contributed by atoms with E-state index in [2.05, 4.69) is 18.7 Å². The number of ether oxygens (including phenoxy) is 1. The van der Waals surface area contributed by atoms with E-state index in [1.165, 1.54) is 45.2 Å². The van der Waals surface area contributed by atoms with Gasteiger partial charge in [-0.3, -0.25) is 4.79 Å². The lowest BCUT2D eigenvalue weighted by Crippen LogP contribution is -2.44. The number of unbranched alkanes of at least 4 members (excludes halogenated alkanes) is 1. The topological polar surface area (TPSA) is 32.8 Å². The molecule has 1 amide bonds. The third kappa shape index (κ3) is 4.75. The monoisotopic (exact) mass is 344 g/mol. The van der Waals surface area contributed by atoms with E-state index < -0.39 is 0 Å². The first-order chi connectivity index (χ1) is 12.2. The number of piperidine rings is 1. The number of hydrogen-bond acceptors (Lipinski definition) is 3. The molecule has 1 atom stereocenters. The first-order valence-corrected chi connectivity index (χ1v) is 9.92. The van der Waals surface area contributed by atoms with Gasteiger partial charge in [0.15, 0.2) is 6.61 Å². The molecule has 0 bridgehead atoms. The van der Waals surface area contributed by atoms with Crippen LogP contribution in [-0.4, -0.2) is 43.6 Å². The van der Waals surface area contributed by atoms with E-state index in [-0.39, 0.29) is 12.5 Å². The van der Waals surface area contributed by atoms with Crippen molar-refractivity contribution < 1.29 is 9.53 Å². The van der Waals surface area contributed by atoms with E-state index in [9.17, 15) is 4.79 Å². The Bertz CT molecular complexity index is 567. The molecule has 0 aromatic heterocycles. The van der Waals surface area contributed by atoms with Gasteiger partial charge in [0.25, 0.3) is 5.91 Å². The first-order valence-electron chi connectivity index (χ1n) is 9.92. The van der Waals surface area contributed by atoms with E-state index in [1.54, 1.807) is 0 Å². The average Bonchev–Trinajstić information content (AvgIpc) is 2.63. The third-order valence-corrected chi connectivity index (χ3v) is 5.55. The van der Waals surface area contributed by atoms with Crippen molar-refractivity contribution in [2.75, 3.05) is 37.7 Å². The molecule has 1 saturated heterocycles. The molecule has 0 radical (unpaired) electrons. The predicted molar refractivity (Wildman–Crippen MR) is 102 cm³/mol. The molecular weight excluding hydrogens is 312 g/mol. The molecule has 1 fully saturated rings. The summed E-state index contributed by atoms with van der Waals surface area (Å²) in [5.41, 5.74) is 0.920. The molecule has 0 N–H and O–H groups in total. The van der Waals surface area contributed by atoms with Gasteiger partial charge in [0.1, 0.15) is 5.75 Å². The summed E-state index contributed by atoms with van der Waals surface area (Å²) in [6, 6.07) is 7.86. The second-order valence-corrected chi connectivity index (χ2v) is 7.75. The molecule has 3 rings (SSSR count). The van der Waals surface area contributed by atoms with Crippen LogP contribution in [0.25, 0.3) is 0 Å². The molecule has 4 nitrogen and oxygen atoms in total. The van der Waals surface area contributed by atoms with Crippen molar-refractivity contribution in [3.05, 3.63) is 24.3 Å². The van der Waals surface area contributed by atoms with Gasteiger partial charge in [0, 0.05) is 13.1 Å². The van der Waals surface area contributed by atoms with Crippen LogP contribution in [0.3, 0.4) is 0 Å². The van der Waals surface area contributed by atoms with Gasteiger partial charge >= 0.3 is 0 Å².